The molecule has 0 aliphatic rings. The van der Waals surface area contributed by atoms with Crippen LogP contribution in [0.15, 0.2) is 29.4 Å². The molecule has 1 heterocycles. The van der Waals surface area contributed by atoms with E-state index in [9.17, 15) is 0 Å². The third kappa shape index (κ3) is 7.37. The molecule has 0 unspecified atom stereocenters. The molecule has 138 valence electrons. The number of nitrogens with one attached hydrogen (secondary N) is 2. The van der Waals surface area contributed by atoms with Crippen LogP contribution in [-0.4, -0.2) is 24.1 Å². The Labute approximate surface area is 175 Å². The molecule has 0 saturated carbocycles. The molecule has 5 nitrogen and oxygen atoms in total. The summed E-state index contributed by atoms with van der Waals surface area (Å²) in [5.41, 5.74) is 1.00. The van der Waals surface area contributed by atoms with E-state index in [-0.39, 0.29) is 24.0 Å². The number of aryl methyl sites for hydroxylation is 1. The lowest BCUT2D eigenvalue weighted by Crippen LogP contribution is -2.36. The number of hydrogen-bond donors (Lipinski definition) is 2. The number of nitrogens with zero attached hydrogens (tertiary/aromatic N) is 2. The molecule has 25 heavy (non-hydrogen) atoms. The van der Waals surface area contributed by atoms with Crippen molar-refractivity contribution in [3.63, 3.8) is 0 Å². The van der Waals surface area contributed by atoms with Crippen molar-refractivity contribution in [1.29, 1.82) is 0 Å². The second-order valence-corrected chi connectivity index (χ2v) is 6.85. The molecule has 2 N–H and O–H groups in total. The van der Waals surface area contributed by atoms with Crippen LogP contribution in [0.2, 0.25) is 5.02 Å². The SMILES string of the molecule is CCNC(=NCc1ccc(Cl)cc1OCC)NCc1ncc(C)s1.I. The molecule has 2 rings (SSSR count). The van der Waals surface area contributed by atoms with Crippen molar-refractivity contribution in [2.24, 2.45) is 4.99 Å². The zero-order chi connectivity index (χ0) is 17.4. The van der Waals surface area contributed by atoms with Crippen LogP contribution in [0, 0.1) is 6.92 Å². The van der Waals surface area contributed by atoms with E-state index in [4.69, 9.17) is 16.3 Å². The van der Waals surface area contributed by atoms with Gasteiger partial charge in [0, 0.05) is 28.2 Å². The molecule has 0 radical (unpaired) electrons. The third-order valence-corrected chi connectivity index (χ3v) is 4.30. The monoisotopic (exact) mass is 494 g/mol. The minimum atomic E-state index is 0. The molecule has 2 aromatic rings. The van der Waals surface area contributed by atoms with Crippen LogP contribution in [0.25, 0.3) is 0 Å². The Morgan fingerprint density at radius 3 is 2.76 bits per heavy atom. The van der Waals surface area contributed by atoms with Crippen LogP contribution < -0.4 is 15.4 Å². The van der Waals surface area contributed by atoms with Gasteiger partial charge in [-0.2, -0.15) is 0 Å². The lowest BCUT2D eigenvalue weighted by Gasteiger charge is -2.12. The number of benzene rings is 1. The molecule has 0 fully saturated rings. The third-order valence-electron chi connectivity index (χ3n) is 3.16. The Morgan fingerprint density at radius 1 is 1.32 bits per heavy atom. The van der Waals surface area contributed by atoms with Gasteiger partial charge in [0.25, 0.3) is 0 Å². The molecule has 8 heteroatoms. The van der Waals surface area contributed by atoms with Crippen molar-refractivity contribution in [1.82, 2.24) is 15.6 Å². The van der Waals surface area contributed by atoms with E-state index in [1.807, 2.05) is 38.2 Å². The highest BCUT2D eigenvalue weighted by atomic mass is 127. The summed E-state index contributed by atoms with van der Waals surface area (Å²) < 4.78 is 5.64. The largest absolute Gasteiger partial charge is 0.493 e. The van der Waals surface area contributed by atoms with E-state index >= 15 is 0 Å². The quantitative estimate of drug-likeness (QED) is 0.341. The van der Waals surface area contributed by atoms with Crippen LogP contribution in [0.4, 0.5) is 0 Å². The van der Waals surface area contributed by atoms with E-state index in [0.29, 0.717) is 24.7 Å². The lowest BCUT2D eigenvalue weighted by molar-refractivity contribution is 0.336. The summed E-state index contributed by atoms with van der Waals surface area (Å²) in [4.78, 5) is 10.2. The predicted octanol–water partition coefficient (Wildman–Crippen LogP) is 4.38. The van der Waals surface area contributed by atoms with Gasteiger partial charge in [-0.3, -0.25) is 0 Å². The van der Waals surface area contributed by atoms with Crippen molar-refractivity contribution in [3.05, 3.63) is 44.9 Å². The highest BCUT2D eigenvalue weighted by Gasteiger charge is 2.06. The van der Waals surface area contributed by atoms with E-state index < -0.39 is 0 Å². The molecule has 1 aromatic heterocycles. The fourth-order valence-corrected chi connectivity index (χ4v) is 2.99. The Balaban J connectivity index is 0.00000312. The van der Waals surface area contributed by atoms with Crippen molar-refractivity contribution in [3.8, 4) is 5.75 Å². The number of rotatable bonds is 7. The fraction of sp³-hybridized carbons (Fsp3) is 0.412. The van der Waals surface area contributed by atoms with Crippen LogP contribution in [0.5, 0.6) is 5.75 Å². The predicted molar refractivity (Wildman–Crippen MR) is 117 cm³/mol. The molecule has 1 aromatic carbocycles. The number of halogens is 2. The maximum Gasteiger partial charge on any atom is 0.191 e. The standard InChI is InChI=1S/C17H23ClN4OS.HI/c1-4-19-17(22-11-16-20-9-12(3)24-16)21-10-13-6-7-14(18)8-15(13)23-5-2;/h6-9H,4-5,10-11H2,1-3H3,(H2,19,21,22);1H. The Kier molecular flexibility index (Phi) is 10.1. The van der Waals surface area contributed by atoms with Gasteiger partial charge in [0.15, 0.2) is 5.96 Å². The first-order valence-electron chi connectivity index (χ1n) is 7.97. The normalized spacial score (nSPS) is 11.0. The van der Waals surface area contributed by atoms with Crippen molar-refractivity contribution in [2.45, 2.75) is 33.9 Å². The van der Waals surface area contributed by atoms with Gasteiger partial charge >= 0.3 is 0 Å². The summed E-state index contributed by atoms with van der Waals surface area (Å²) in [6.45, 7) is 8.60. The highest BCUT2D eigenvalue weighted by molar-refractivity contribution is 14.0. The summed E-state index contributed by atoms with van der Waals surface area (Å²) in [6.07, 6.45) is 1.88. The average Bonchev–Trinajstić information content (AvgIpc) is 2.97. The molecule has 0 aliphatic carbocycles. The van der Waals surface area contributed by atoms with Crippen LogP contribution in [-0.2, 0) is 13.1 Å². The van der Waals surface area contributed by atoms with E-state index in [1.54, 1.807) is 11.3 Å². The van der Waals surface area contributed by atoms with E-state index in [2.05, 4.69) is 27.5 Å². The first-order valence-corrected chi connectivity index (χ1v) is 9.16. The van der Waals surface area contributed by atoms with Gasteiger partial charge in [-0.15, -0.1) is 35.3 Å². The smallest absolute Gasteiger partial charge is 0.191 e. The minimum Gasteiger partial charge on any atom is -0.493 e. The second kappa shape index (κ2) is 11.5. The second-order valence-electron chi connectivity index (χ2n) is 5.10. The number of thiazole rings is 1. The fourth-order valence-electron chi connectivity index (χ4n) is 2.10. The Bertz CT molecular complexity index is 693. The molecule has 0 atom stereocenters. The number of guanidine groups is 1. The van der Waals surface area contributed by atoms with Gasteiger partial charge in [-0.05, 0) is 32.9 Å². The van der Waals surface area contributed by atoms with Crippen LogP contribution in [0.3, 0.4) is 0 Å². The van der Waals surface area contributed by atoms with Gasteiger partial charge in [0.2, 0.25) is 0 Å². The van der Waals surface area contributed by atoms with Crippen LogP contribution >= 0.6 is 46.9 Å². The molecular weight excluding hydrogens is 471 g/mol. The molecule has 0 bridgehead atoms. The maximum atomic E-state index is 6.04. The summed E-state index contributed by atoms with van der Waals surface area (Å²) >= 11 is 7.72. The van der Waals surface area contributed by atoms with E-state index in [1.165, 1.54) is 4.88 Å². The van der Waals surface area contributed by atoms with Crippen molar-refractivity contribution in [2.75, 3.05) is 13.2 Å². The zero-order valence-electron chi connectivity index (χ0n) is 14.6. The highest BCUT2D eigenvalue weighted by Crippen LogP contribution is 2.24. The molecular formula is C17H24ClIN4OS. The lowest BCUT2D eigenvalue weighted by atomic mass is 10.2. The number of aliphatic imine (C=N–C) groups is 1. The Morgan fingerprint density at radius 2 is 2.12 bits per heavy atom. The summed E-state index contributed by atoms with van der Waals surface area (Å²) in [7, 11) is 0. The number of ether oxygens (including phenoxy) is 1. The minimum absolute atomic E-state index is 0. The summed E-state index contributed by atoms with van der Waals surface area (Å²) in [5.74, 6) is 1.53. The zero-order valence-corrected chi connectivity index (χ0v) is 18.5. The topological polar surface area (TPSA) is 58.5 Å². The number of aromatic nitrogens is 1. The van der Waals surface area contributed by atoms with E-state index in [0.717, 1.165) is 28.8 Å². The molecule has 0 spiro atoms. The van der Waals surface area contributed by atoms with Crippen molar-refractivity contribution >= 4 is 52.9 Å². The summed E-state index contributed by atoms with van der Waals surface area (Å²) in [6, 6.07) is 5.63. The van der Waals surface area contributed by atoms with Gasteiger partial charge in [-0.1, -0.05) is 17.7 Å². The molecule has 0 aliphatic heterocycles. The first-order chi connectivity index (χ1) is 11.6. The summed E-state index contributed by atoms with van der Waals surface area (Å²) in [5, 5.41) is 8.25. The van der Waals surface area contributed by atoms with Gasteiger partial charge in [-0.25, -0.2) is 9.98 Å². The maximum absolute atomic E-state index is 6.04. The first kappa shape index (κ1) is 22.0. The number of hydrogen-bond acceptors (Lipinski definition) is 4. The Hall–Kier alpha value is -1.06. The molecule has 0 amide bonds. The van der Waals surface area contributed by atoms with Gasteiger partial charge < -0.3 is 15.4 Å². The van der Waals surface area contributed by atoms with Gasteiger partial charge in [0.05, 0.1) is 19.7 Å². The van der Waals surface area contributed by atoms with Crippen LogP contribution in [0.1, 0.15) is 29.3 Å². The van der Waals surface area contributed by atoms with Gasteiger partial charge in [0.1, 0.15) is 10.8 Å². The van der Waals surface area contributed by atoms with Crippen molar-refractivity contribution < 1.29 is 4.74 Å². The average molecular weight is 495 g/mol. The molecule has 0 saturated heterocycles.